The first kappa shape index (κ1) is 25.5. The van der Waals surface area contributed by atoms with Crippen LogP contribution in [0.15, 0.2) is 18.2 Å². The molecule has 1 amide bonds. The summed E-state index contributed by atoms with van der Waals surface area (Å²) in [6, 6.07) is 5.64. The third kappa shape index (κ3) is 8.95. The van der Waals surface area contributed by atoms with E-state index in [4.69, 9.17) is 5.73 Å². The van der Waals surface area contributed by atoms with Gasteiger partial charge >= 0.3 is 0 Å². The lowest BCUT2D eigenvalue weighted by atomic mass is 9.79. The summed E-state index contributed by atoms with van der Waals surface area (Å²) in [6.45, 7) is 0.710. The molecule has 1 heterocycles. The Morgan fingerprint density at radius 3 is 2.18 bits per heavy atom. The van der Waals surface area contributed by atoms with Gasteiger partial charge in [0, 0.05) is 38.6 Å². The van der Waals surface area contributed by atoms with Gasteiger partial charge in [-0.15, -0.1) is 0 Å². The molecular formula is C24H34F4N4O. The highest BCUT2D eigenvalue weighted by Gasteiger charge is 2.45. The standard InChI is InChI=1S/C15H18F2N4O.C6H10F2.C3H6/c16-15(17)5-10(6-15)4-14(22)19-8-9-1-2-11-12(3-9)21-13(7-18)20-11;7-6(8)4-2-1-3-5-6;1-2-3-1/h1-3,10H,4-8,18H2,(H,19,22)(H,20,21);1-5H2;1-3H2. The Bertz CT molecular complexity index is 894. The number of aromatic amines is 1. The summed E-state index contributed by atoms with van der Waals surface area (Å²) in [5.41, 5.74) is 8.15. The number of fused-ring (bicyclic) bond motifs is 1. The summed E-state index contributed by atoms with van der Waals surface area (Å²) in [7, 11) is 0. The minimum Gasteiger partial charge on any atom is -0.352 e. The topological polar surface area (TPSA) is 83.8 Å². The minimum absolute atomic E-state index is 0.118. The molecule has 5 rings (SSSR count). The van der Waals surface area contributed by atoms with Crippen LogP contribution in [0.2, 0.25) is 0 Å². The van der Waals surface area contributed by atoms with Gasteiger partial charge in [-0.25, -0.2) is 22.5 Å². The van der Waals surface area contributed by atoms with Gasteiger partial charge in [-0.3, -0.25) is 4.79 Å². The predicted octanol–water partition coefficient (Wildman–Crippen LogP) is 5.83. The average molecular weight is 471 g/mol. The van der Waals surface area contributed by atoms with Gasteiger partial charge in [-0.2, -0.15) is 0 Å². The Balaban J connectivity index is 0.000000228. The second-order valence-corrected chi connectivity index (χ2v) is 9.33. The van der Waals surface area contributed by atoms with Crippen molar-refractivity contribution in [2.24, 2.45) is 11.7 Å². The fourth-order valence-electron chi connectivity index (χ4n) is 3.85. The Morgan fingerprint density at radius 2 is 1.67 bits per heavy atom. The van der Waals surface area contributed by atoms with Crippen LogP contribution < -0.4 is 11.1 Å². The number of alkyl halides is 4. The van der Waals surface area contributed by atoms with E-state index < -0.39 is 11.8 Å². The molecule has 0 spiro atoms. The minimum atomic E-state index is -2.57. The molecule has 1 aromatic carbocycles. The van der Waals surface area contributed by atoms with Crippen molar-refractivity contribution < 1.29 is 22.4 Å². The molecule has 9 heteroatoms. The number of H-pyrrole nitrogens is 1. The molecular weight excluding hydrogens is 436 g/mol. The van der Waals surface area contributed by atoms with Crippen LogP contribution in [0.3, 0.4) is 0 Å². The zero-order valence-corrected chi connectivity index (χ0v) is 18.9. The maximum Gasteiger partial charge on any atom is 0.248 e. The van der Waals surface area contributed by atoms with E-state index in [1.54, 1.807) is 0 Å². The van der Waals surface area contributed by atoms with Gasteiger partial charge in [0.15, 0.2) is 0 Å². The number of carbonyl (C=O) groups excluding carboxylic acids is 1. The lowest BCUT2D eigenvalue weighted by Crippen LogP contribution is -2.38. The van der Waals surface area contributed by atoms with Crippen molar-refractivity contribution in [2.75, 3.05) is 0 Å². The number of benzene rings is 1. The molecule has 3 saturated carbocycles. The summed E-state index contributed by atoms with van der Waals surface area (Å²) < 4.78 is 49.8. The van der Waals surface area contributed by atoms with Crippen LogP contribution in [-0.4, -0.2) is 27.7 Å². The average Bonchev–Trinajstić information content (AvgIpc) is 3.57. The Hall–Kier alpha value is -2.16. The van der Waals surface area contributed by atoms with Crippen LogP contribution in [0.4, 0.5) is 17.6 Å². The van der Waals surface area contributed by atoms with Crippen LogP contribution in [0, 0.1) is 5.92 Å². The van der Waals surface area contributed by atoms with Crippen molar-refractivity contribution in [1.29, 1.82) is 0 Å². The first-order chi connectivity index (χ1) is 15.7. The molecule has 0 bridgehead atoms. The van der Waals surface area contributed by atoms with E-state index in [-0.39, 0.29) is 43.9 Å². The molecule has 1 aromatic heterocycles. The lowest BCUT2D eigenvalue weighted by molar-refractivity contribution is -0.133. The van der Waals surface area contributed by atoms with Crippen molar-refractivity contribution in [3.8, 4) is 0 Å². The third-order valence-corrected chi connectivity index (χ3v) is 5.87. The van der Waals surface area contributed by atoms with Crippen LogP contribution in [-0.2, 0) is 17.9 Å². The van der Waals surface area contributed by atoms with E-state index in [0.29, 0.717) is 31.8 Å². The van der Waals surface area contributed by atoms with Gasteiger partial charge in [-0.05, 0) is 36.5 Å². The fraction of sp³-hybridized carbons (Fsp3) is 0.667. The van der Waals surface area contributed by atoms with E-state index in [1.165, 1.54) is 19.3 Å². The Morgan fingerprint density at radius 1 is 1.03 bits per heavy atom. The molecule has 3 aliphatic carbocycles. The highest BCUT2D eigenvalue weighted by atomic mass is 19.3. The van der Waals surface area contributed by atoms with E-state index in [2.05, 4.69) is 15.3 Å². The highest BCUT2D eigenvalue weighted by Crippen LogP contribution is 2.43. The number of nitrogens with two attached hydrogens (primary N) is 1. The number of halogens is 4. The van der Waals surface area contributed by atoms with Gasteiger partial charge in [0.05, 0.1) is 17.6 Å². The first-order valence-corrected chi connectivity index (χ1v) is 11.9. The highest BCUT2D eigenvalue weighted by molar-refractivity contribution is 5.77. The molecule has 2 aromatic rings. The summed E-state index contributed by atoms with van der Waals surface area (Å²) >= 11 is 0. The second-order valence-electron chi connectivity index (χ2n) is 9.33. The molecule has 33 heavy (non-hydrogen) atoms. The van der Waals surface area contributed by atoms with Gasteiger partial charge in [-0.1, -0.05) is 31.7 Å². The van der Waals surface area contributed by atoms with E-state index in [1.807, 2.05) is 18.2 Å². The number of hydrogen-bond acceptors (Lipinski definition) is 3. The summed E-state index contributed by atoms with van der Waals surface area (Å²) in [4.78, 5) is 19.2. The normalized spacial score (nSPS) is 20.5. The zero-order chi connectivity index (χ0) is 23.9. The third-order valence-electron chi connectivity index (χ3n) is 5.87. The van der Waals surface area contributed by atoms with E-state index in [9.17, 15) is 22.4 Å². The molecule has 0 radical (unpaired) electrons. The van der Waals surface area contributed by atoms with Crippen molar-refractivity contribution in [1.82, 2.24) is 15.3 Å². The monoisotopic (exact) mass is 470 g/mol. The first-order valence-electron chi connectivity index (χ1n) is 11.9. The number of aromatic nitrogens is 2. The van der Waals surface area contributed by atoms with Crippen molar-refractivity contribution in [3.05, 3.63) is 29.6 Å². The maximum absolute atomic E-state index is 12.7. The molecule has 4 N–H and O–H groups in total. The van der Waals surface area contributed by atoms with Gasteiger partial charge < -0.3 is 16.0 Å². The molecule has 0 unspecified atom stereocenters. The second kappa shape index (κ2) is 11.3. The molecule has 0 aliphatic heterocycles. The van der Waals surface area contributed by atoms with Crippen molar-refractivity contribution in [2.45, 2.75) is 95.6 Å². The number of rotatable bonds is 5. The van der Waals surface area contributed by atoms with Crippen molar-refractivity contribution >= 4 is 16.9 Å². The van der Waals surface area contributed by atoms with Crippen LogP contribution in [0.1, 0.15) is 82.0 Å². The number of carbonyl (C=O) groups is 1. The van der Waals surface area contributed by atoms with E-state index >= 15 is 0 Å². The quantitative estimate of drug-likeness (QED) is 0.481. The summed E-state index contributed by atoms with van der Waals surface area (Å²) in [5.74, 6) is -4.57. The number of nitrogens with one attached hydrogen (secondary N) is 2. The number of imidazole rings is 1. The van der Waals surface area contributed by atoms with E-state index in [0.717, 1.165) is 23.0 Å². The van der Waals surface area contributed by atoms with Gasteiger partial charge in [0.1, 0.15) is 5.82 Å². The van der Waals surface area contributed by atoms with Crippen LogP contribution in [0.5, 0.6) is 0 Å². The number of amides is 1. The van der Waals surface area contributed by atoms with Gasteiger partial charge in [0.25, 0.3) is 0 Å². The fourth-order valence-corrected chi connectivity index (χ4v) is 3.85. The Labute approximate surface area is 191 Å². The van der Waals surface area contributed by atoms with Crippen molar-refractivity contribution in [3.63, 3.8) is 0 Å². The molecule has 0 atom stereocenters. The molecule has 5 nitrogen and oxygen atoms in total. The maximum atomic E-state index is 12.7. The van der Waals surface area contributed by atoms with Crippen LogP contribution >= 0.6 is 0 Å². The number of nitrogens with zero attached hydrogens (tertiary/aromatic N) is 1. The van der Waals surface area contributed by atoms with Crippen LogP contribution in [0.25, 0.3) is 11.0 Å². The SMILES string of the molecule is C1CC1.FC1(F)CCCCC1.NCc1nc2ccc(CNC(=O)CC3CC(F)(F)C3)cc2[nH]1. The Kier molecular flexibility index (Phi) is 8.73. The zero-order valence-electron chi connectivity index (χ0n) is 18.9. The largest absolute Gasteiger partial charge is 0.352 e. The summed E-state index contributed by atoms with van der Waals surface area (Å²) in [5, 5.41) is 2.77. The number of hydrogen-bond donors (Lipinski definition) is 3. The lowest BCUT2D eigenvalue weighted by Gasteiger charge is -2.34. The van der Waals surface area contributed by atoms with Gasteiger partial charge in [0.2, 0.25) is 17.8 Å². The smallest absolute Gasteiger partial charge is 0.248 e. The predicted molar refractivity (Wildman–Crippen MR) is 120 cm³/mol. The molecule has 0 saturated heterocycles. The molecule has 3 fully saturated rings. The molecule has 3 aliphatic rings. The molecule has 184 valence electrons. The summed E-state index contributed by atoms with van der Waals surface area (Å²) in [6.07, 6.45) is 6.97.